The van der Waals surface area contributed by atoms with Gasteiger partial charge in [0.15, 0.2) is 0 Å². The molecule has 29 heavy (non-hydrogen) atoms. The number of nitrogens with one attached hydrogen (secondary N) is 1. The first kappa shape index (κ1) is 20.0. The van der Waals surface area contributed by atoms with Crippen LogP contribution in [0.1, 0.15) is 29.5 Å². The van der Waals surface area contributed by atoms with Crippen molar-refractivity contribution in [1.82, 2.24) is 15.2 Å². The number of hydrogen-bond acceptors (Lipinski definition) is 4. The van der Waals surface area contributed by atoms with E-state index >= 15 is 0 Å². The molecule has 5 heteroatoms. The number of likely N-dealkylation sites (tertiary alicyclic amines) is 1. The van der Waals surface area contributed by atoms with Crippen LogP contribution < -0.4 is 5.32 Å². The molecule has 0 saturated carbocycles. The van der Waals surface area contributed by atoms with Gasteiger partial charge in [0.05, 0.1) is 5.92 Å². The van der Waals surface area contributed by atoms with E-state index in [4.69, 9.17) is 4.74 Å². The third-order valence-corrected chi connectivity index (χ3v) is 6.47. The summed E-state index contributed by atoms with van der Waals surface area (Å²) in [6.07, 6.45) is 6.38. The first-order valence-electron chi connectivity index (χ1n) is 10.7. The molecule has 154 valence electrons. The number of aromatic nitrogens is 1. The molecule has 2 aliphatic heterocycles. The maximum Gasteiger partial charge on any atom is 0.225 e. The summed E-state index contributed by atoms with van der Waals surface area (Å²) in [6, 6.07) is 12.7. The molecule has 1 aromatic heterocycles. The molecular weight excluding hydrogens is 362 g/mol. The Bertz CT molecular complexity index is 818. The zero-order chi connectivity index (χ0) is 20.1. The highest BCUT2D eigenvalue weighted by molar-refractivity contribution is 5.80. The minimum absolute atomic E-state index is 0.0358. The molecule has 1 unspecified atom stereocenters. The summed E-state index contributed by atoms with van der Waals surface area (Å²) in [6.45, 7) is 7.04. The minimum Gasteiger partial charge on any atom is -0.381 e. The summed E-state index contributed by atoms with van der Waals surface area (Å²) < 4.78 is 5.64. The van der Waals surface area contributed by atoms with E-state index in [1.165, 1.54) is 16.7 Å². The van der Waals surface area contributed by atoms with Crippen LogP contribution in [0.5, 0.6) is 0 Å². The zero-order valence-corrected chi connectivity index (χ0v) is 17.3. The lowest BCUT2D eigenvalue weighted by atomic mass is 9.71. The molecule has 1 amide bonds. The van der Waals surface area contributed by atoms with Gasteiger partial charge in [0.2, 0.25) is 5.91 Å². The summed E-state index contributed by atoms with van der Waals surface area (Å²) in [5.74, 6) is 0.237. The van der Waals surface area contributed by atoms with E-state index < -0.39 is 0 Å². The smallest absolute Gasteiger partial charge is 0.225 e. The van der Waals surface area contributed by atoms with Gasteiger partial charge >= 0.3 is 0 Å². The van der Waals surface area contributed by atoms with E-state index in [0.29, 0.717) is 6.54 Å². The standard InChI is InChI=1S/C24H31N3O2/c1-19-3-2-4-21(15-19)16-27-17-22(24(18-27)8-13-29-14-9-24)23(28)26-12-7-20-5-10-25-11-6-20/h2-6,10-11,15,22H,7-9,12-14,16-18H2,1H3,(H,26,28). The number of amides is 1. The average Bonchev–Trinajstić information content (AvgIpc) is 3.06. The quantitative estimate of drug-likeness (QED) is 0.820. The Balaban J connectivity index is 1.41. The van der Waals surface area contributed by atoms with Crippen molar-refractivity contribution in [3.63, 3.8) is 0 Å². The first-order valence-corrected chi connectivity index (χ1v) is 10.7. The Hall–Kier alpha value is -2.24. The summed E-state index contributed by atoms with van der Waals surface area (Å²) in [4.78, 5) is 19.7. The molecule has 0 aliphatic carbocycles. The number of carbonyl (C=O) groups excluding carboxylic acids is 1. The van der Waals surface area contributed by atoms with Gasteiger partial charge < -0.3 is 10.1 Å². The Kier molecular flexibility index (Phi) is 6.26. The van der Waals surface area contributed by atoms with Crippen molar-refractivity contribution >= 4 is 5.91 Å². The molecule has 1 N–H and O–H groups in total. The Morgan fingerprint density at radius 1 is 1.21 bits per heavy atom. The molecule has 1 atom stereocenters. The molecule has 3 heterocycles. The molecule has 0 bridgehead atoms. The van der Waals surface area contributed by atoms with Crippen LogP contribution in [0.3, 0.4) is 0 Å². The SMILES string of the molecule is Cc1cccc(CN2CC(C(=O)NCCc3ccncc3)C3(CCOCC3)C2)c1. The second-order valence-electron chi connectivity index (χ2n) is 8.58. The molecule has 1 aromatic carbocycles. The second kappa shape index (κ2) is 9.06. The third-order valence-electron chi connectivity index (χ3n) is 6.47. The van der Waals surface area contributed by atoms with Gasteiger partial charge in [-0.25, -0.2) is 0 Å². The topological polar surface area (TPSA) is 54.5 Å². The summed E-state index contributed by atoms with van der Waals surface area (Å²) in [5, 5.41) is 3.21. The van der Waals surface area contributed by atoms with Crippen LogP contribution >= 0.6 is 0 Å². The number of aryl methyl sites for hydroxylation is 1. The maximum absolute atomic E-state index is 13.2. The summed E-state index contributed by atoms with van der Waals surface area (Å²) in [7, 11) is 0. The van der Waals surface area contributed by atoms with Gasteiger partial charge in [0, 0.05) is 57.2 Å². The van der Waals surface area contributed by atoms with E-state index in [-0.39, 0.29) is 17.2 Å². The van der Waals surface area contributed by atoms with Gasteiger partial charge in [-0.05, 0) is 49.4 Å². The summed E-state index contributed by atoms with van der Waals surface area (Å²) in [5.41, 5.74) is 3.86. The van der Waals surface area contributed by atoms with Crippen molar-refractivity contribution in [3.05, 3.63) is 65.5 Å². The highest BCUT2D eigenvalue weighted by Gasteiger charge is 2.50. The molecular formula is C24H31N3O2. The predicted octanol–water partition coefficient (Wildman–Crippen LogP) is 2.98. The van der Waals surface area contributed by atoms with Crippen LogP contribution in [0.4, 0.5) is 0 Å². The van der Waals surface area contributed by atoms with Crippen molar-refractivity contribution in [2.45, 2.75) is 32.7 Å². The molecule has 4 rings (SSSR count). The van der Waals surface area contributed by atoms with E-state index in [9.17, 15) is 4.79 Å². The monoisotopic (exact) mass is 393 g/mol. The molecule has 2 aromatic rings. The van der Waals surface area contributed by atoms with Gasteiger partial charge in [-0.2, -0.15) is 0 Å². The van der Waals surface area contributed by atoms with Gasteiger partial charge in [0.25, 0.3) is 0 Å². The van der Waals surface area contributed by atoms with E-state index in [2.05, 4.69) is 46.4 Å². The lowest BCUT2D eigenvalue weighted by Gasteiger charge is -2.37. The molecule has 2 aliphatic rings. The Morgan fingerprint density at radius 2 is 2.00 bits per heavy atom. The number of benzene rings is 1. The van der Waals surface area contributed by atoms with Crippen molar-refractivity contribution < 1.29 is 9.53 Å². The number of carbonyl (C=O) groups is 1. The van der Waals surface area contributed by atoms with Crippen LogP contribution in [-0.2, 0) is 22.5 Å². The minimum atomic E-state index is 0.0358. The molecule has 2 saturated heterocycles. The lowest BCUT2D eigenvalue weighted by molar-refractivity contribution is -0.129. The van der Waals surface area contributed by atoms with Gasteiger partial charge in [0.1, 0.15) is 0 Å². The average molecular weight is 394 g/mol. The molecule has 0 radical (unpaired) electrons. The van der Waals surface area contributed by atoms with E-state index in [1.807, 2.05) is 12.1 Å². The fraction of sp³-hybridized carbons (Fsp3) is 0.500. The Morgan fingerprint density at radius 3 is 2.76 bits per heavy atom. The number of pyridine rings is 1. The number of ether oxygens (including phenoxy) is 1. The predicted molar refractivity (Wildman–Crippen MR) is 113 cm³/mol. The van der Waals surface area contributed by atoms with Gasteiger partial charge in [-0.3, -0.25) is 14.7 Å². The maximum atomic E-state index is 13.2. The van der Waals surface area contributed by atoms with Crippen LogP contribution in [0.25, 0.3) is 0 Å². The second-order valence-corrected chi connectivity index (χ2v) is 8.58. The van der Waals surface area contributed by atoms with Crippen LogP contribution in [0.15, 0.2) is 48.8 Å². The lowest BCUT2D eigenvalue weighted by Crippen LogP contribution is -2.44. The van der Waals surface area contributed by atoms with Gasteiger partial charge in [-0.15, -0.1) is 0 Å². The van der Waals surface area contributed by atoms with Crippen LogP contribution in [0, 0.1) is 18.3 Å². The fourth-order valence-corrected chi connectivity index (χ4v) is 4.91. The van der Waals surface area contributed by atoms with Crippen LogP contribution in [-0.4, -0.2) is 48.6 Å². The Labute approximate surface area is 173 Å². The number of rotatable bonds is 6. The van der Waals surface area contributed by atoms with Crippen molar-refractivity contribution in [2.75, 3.05) is 32.8 Å². The van der Waals surface area contributed by atoms with E-state index in [0.717, 1.165) is 52.1 Å². The molecule has 1 spiro atoms. The molecule has 2 fully saturated rings. The van der Waals surface area contributed by atoms with Crippen molar-refractivity contribution in [1.29, 1.82) is 0 Å². The van der Waals surface area contributed by atoms with E-state index in [1.54, 1.807) is 12.4 Å². The van der Waals surface area contributed by atoms with Gasteiger partial charge in [-0.1, -0.05) is 29.8 Å². The number of nitrogens with zero attached hydrogens (tertiary/aromatic N) is 2. The highest BCUT2D eigenvalue weighted by Crippen LogP contribution is 2.44. The summed E-state index contributed by atoms with van der Waals surface area (Å²) >= 11 is 0. The van der Waals surface area contributed by atoms with Crippen LogP contribution in [0.2, 0.25) is 0 Å². The largest absolute Gasteiger partial charge is 0.381 e. The zero-order valence-electron chi connectivity index (χ0n) is 17.3. The van der Waals surface area contributed by atoms with Crippen molar-refractivity contribution in [3.8, 4) is 0 Å². The molecule has 5 nitrogen and oxygen atoms in total. The normalized spacial score (nSPS) is 21.3. The third kappa shape index (κ3) is 4.85. The number of hydrogen-bond donors (Lipinski definition) is 1. The van der Waals surface area contributed by atoms with Crippen molar-refractivity contribution in [2.24, 2.45) is 11.3 Å². The fourth-order valence-electron chi connectivity index (χ4n) is 4.91. The first-order chi connectivity index (χ1) is 14.1. The highest BCUT2D eigenvalue weighted by atomic mass is 16.5.